The lowest BCUT2D eigenvalue weighted by Crippen LogP contribution is -2.42. The Morgan fingerprint density at radius 3 is 1.61 bits per heavy atom. The van der Waals surface area contributed by atoms with Crippen LogP contribution in [-0.2, 0) is 23.7 Å². The highest BCUT2D eigenvalue weighted by molar-refractivity contribution is 4.87. The second-order valence-corrected chi connectivity index (χ2v) is 7.53. The van der Waals surface area contributed by atoms with Gasteiger partial charge in [-0.25, -0.2) is 0 Å². The molecule has 23 heavy (non-hydrogen) atoms. The Balaban J connectivity index is 1.86. The Bertz CT molecular complexity index is 315. The maximum absolute atomic E-state index is 6.12. The summed E-state index contributed by atoms with van der Waals surface area (Å²) in [7, 11) is 0. The monoisotopic (exact) mass is 330 g/mol. The average molecular weight is 330 g/mol. The molecule has 0 amide bonds. The van der Waals surface area contributed by atoms with E-state index in [0.29, 0.717) is 64.2 Å². The maximum atomic E-state index is 6.12. The van der Waals surface area contributed by atoms with Gasteiger partial charge in [0.15, 0.2) is 0 Å². The predicted octanol–water partition coefficient (Wildman–Crippen LogP) is 2.67. The van der Waals surface area contributed by atoms with E-state index in [1.54, 1.807) is 0 Å². The zero-order valence-corrected chi connectivity index (χ0v) is 15.1. The molecule has 3 atom stereocenters. The first-order valence-electron chi connectivity index (χ1n) is 9.04. The minimum absolute atomic E-state index is 0.165. The molecule has 0 aromatic carbocycles. The van der Waals surface area contributed by atoms with E-state index < -0.39 is 0 Å². The summed E-state index contributed by atoms with van der Waals surface area (Å²) >= 11 is 0. The van der Waals surface area contributed by atoms with Crippen molar-refractivity contribution in [3.63, 3.8) is 0 Å². The van der Waals surface area contributed by atoms with Crippen LogP contribution in [0.3, 0.4) is 0 Å². The molecule has 0 radical (unpaired) electrons. The molecule has 2 aliphatic rings. The van der Waals surface area contributed by atoms with Crippen molar-refractivity contribution in [3.8, 4) is 0 Å². The van der Waals surface area contributed by atoms with Crippen LogP contribution in [0.2, 0.25) is 0 Å². The van der Waals surface area contributed by atoms with E-state index in [-0.39, 0.29) is 12.2 Å². The molecular formula is C18H34O5. The van der Waals surface area contributed by atoms with Gasteiger partial charge >= 0.3 is 0 Å². The van der Waals surface area contributed by atoms with E-state index in [2.05, 4.69) is 20.8 Å². The highest BCUT2D eigenvalue weighted by atomic mass is 16.6. The fourth-order valence-corrected chi connectivity index (χ4v) is 3.31. The second kappa shape index (κ2) is 9.94. The van der Waals surface area contributed by atoms with Crippen LogP contribution in [0.25, 0.3) is 0 Å². The molecule has 5 nitrogen and oxygen atoms in total. The van der Waals surface area contributed by atoms with Gasteiger partial charge in [-0.05, 0) is 30.6 Å². The molecule has 0 aromatic rings. The van der Waals surface area contributed by atoms with Gasteiger partial charge in [-0.1, -0.05) is 20.8 Å². The number of hydrogen-bond acceptors (Lipinski definition) is 5. The van der Waals surface area contributed by atoms with E-state index >= 15 is 0 Å². The third kappa shape index (κ3) is 7.06. The summed E-state index contributed by atoms with van der Waals surface area (Å²) in [5.41, 5.74) is 0.322. The summed E-state index contributed by atoms with van der Waals surface area (Å²) in [4.78, 5) is 0. The van der Waals surface area contributed by atoms with E-state index in [1.165, 1.54) is 6.42 Å². The van der Waals surface area contributed by atoms with Gasteiger partial charge < -0.3 is 23.7 Å². The fourth-order valence-electron chi connectivity index (χ4n) is 3.31. The smallest absolute Gasteiger partial charge is 0.0840 e. The van der Waals surface area contributed by atoms with Crippen molar-refractivity contribution in [1.82, 2.24) is 0 Å². The van der Waals surface area contributed by atoms with Crippen molar-refractivity contribution in [2.75, 3.05) is 52.9 Å². The fraction of sp³-hybridized carbons (Fsp3) is 1.00. The molecule has 5 heteroatoms. The second-order valence-electron chi connectivity index (χ2n) is 7.53. The van der Waals surface area contributed by atoms with E-state index in [9.17, 15) is 0 Å². The van der Waals surface area contributed by atoms with Crippen LogP contribution in [0.15, 0.2) is 0 Å². The third-order valence-electron chi connectivity index (χ3n) is 4.82. The Labute approximate surface area is 140 Å². The van der Waals surface area contributed by atoms with Gasteiger partial charge in [-0.15, -0.1) is 0 Å². The van der Waals surface area contributed by atoms with Gasteiger partial charge in [-0.2, -0.15) is 0 Å². The van der Waals surface area contributed by atoms with Crippen molar-refractivity contribution in [3.05, 3.63) is 0 Å². The summed E-state index contributed by atoms with van der Waals surface area (Å²) in [5.74, 6) is 0.681. The molecule has 1 saturated heterocycles. The van der Waals surface area contributed by atoms with Crippen LogP contribution in [-0.4, -0.2) is 65.1 Å². The highest BCUT2D eigenvalue weighted by Gasteiger charge is 2.36. The van der Waals surface area contributed by atoms with Crippen molar-refractivity contribution in [1.29, 1.82) is 0 Å². The lowest BCUT2D eigenvalue weighted by atomic mass is 9.71. The predicted molar refractivity (Wildman–Crippen MR) is 88.7 cm³/mol. The van der Waals surface area contributed by atoms with Crippen molar-refractivity contribution in [2.45, 2.75) is 52.2 Å². The highest BCUT2D eigenvalue weighted by Crippen LogP contribution is 2.39. The zero-order chi connectivity index (χ0) is 16.5. The summed E-state index contributed by atoms with van der Waals surface area (Å²) in [5, 5.41) is 0. The van der Waals surface area contributed by atoms with Gasteiger partial charge in [0, 0.05) is 0 Å². The molecule has 1 heterocycles. The third-order valence-corrected chi connectivity index (χ3v) is 4.82. The first kappa shape index (κ1) is 19.1. The zero-order valence-electron chi connectivity index (χ0n) is 15.1. The minimum atomic E-state index is 0.165. The molecule has 0 unspecified atom stereocenters. The Morgan fingerprint density at radius 2 is 1.09 bits per heavy atom. The van der Waals surface area contributed by atoms with Crippen molar-refractivity contribution in [2.24, 2.45) is 11.3 Å². The largest absolute Gasteiger partial charge is 0.377 e. The molecule has 2 fully saturated rings. The van der Waals surface area contributed by atoms with Crippen LogP contribution in [0, 0.1) is 11.3 Å². The van der Waals surface area contributed by atoms with Crippen molar-refractivity contribution >= 4 is 0 Å². The minimum Gasteiger partial charge on any atom is -0.377 e. The Kier molecular flexibility index (Phi) is 8.27. The number of ether oxygens (including phenoxy) is 5. The normalized spacial score (nSPS) is 33.3. The van der Waals surface area contributed by atoms with E-state index in [0.717, 1.165) is 12.8 Å². The SMILES string of the molecule is CC(C)(C)[C@@H]1CC[C@H]2OCCOCCOCCOCCO[C@H]2C1. The van der Waals surface area contributed by atoms with Gasteiger partial charge in [0.05, 0.1) is 65.1 Å². The van der Waals surface area contributed by atoms with Crippen LogP contribution < -0.4 is 0 Å². The molecule has 0 aromatic heterocycles. The Morgan fingerprint density at radius 1 is 0.609 bits per heavy atom. The quantitative estimate of drug-likeness (QED) is 0.683. The number of rotatable bonds is 0. The summed E-state index contributed by atoms with van der Waals surface area (Å²) in [6.07, 6.45) is 3.69. The van der Waals surface area contributed by atoms with E-state index in [4.69, 9.17) is 23.7 Å². The van der Waals surface area contributed by atoms with Crippen molar-refractivity contribution < 1.29 is 23.7 Å². The number of fused-ring (bicyclic) bond motifs is 1. The first-order valence-corrected chi connectivity index (χ1v) is 9.04. The van der Waals surface area contributed by atoms with Gasteiger partial charge in [-0.3, -0.25) is 0 Å². The molecular weight excluding hydrogens is 296 g/mol. The summed E-state index contributed by atoms with van der Waals surface area (Å²) in [6.45, 7) is 11.9. The van der Waals surface area contributed by atoms with Crippen LogP contribution in [0.5, 0.6) is 0 Å². The molecule has 0 N–H and O–H groups in total. The van der Waals surface area contributed by atoms with Crippen LogP contribution in [0.4, 0.5) is 0 Å². The lowest BCUT2D eigenvalue weighted by molar-refractivity contribution is -0.125. The molecule has 1 saturated carbocycles. The molecule has 2 rings (SSSR count). The Hall–Kier alpha value is -0.200. The molecule has 0 bridgehead atoms. The molecule has 0 spiro atoms. The topological polar surface area (TPSA) is 46.2 Å². The average Bonchev–Trinajstić information content (AvgIpc) is 2.52. The standard InChI is InChI=1S/C18H34O5/c1-18(2,3)15-4-5-16-17(14-15)23-13-11-21-9-7-19-6-8-20-10-12-22-16/h15-17H,4-14H2,1-3H3/t15-,16-,17+/m1/s1. The van der Waals surface area contributed by atoms with Crippen LogP contribution >= 0.6 is 0 Å². The molecule has 1 aliphatic carbocycles. The summed E-state index contributed by atoms with van der Waals surface area (Å²) in [6, 6.07) is 0. The van der Waals surface area contributed by atoms with E-state index in [1.807, 2.05) is 0 Å². The van der Waals surface area contributed by atoms with Gasteiger partial charge in [0.25, 0.3) is 0 Å². The number of hydrogen-bond donors (Lipinski definition) is 0. The first-order chi connectivity index (χ1) is 11.1. The maximum Gasteiger partial charge on any atom is 0.0840 e. The van der Waals surface area contributed by atoms with Gasteiger partial charge in [0.2, 0.25) is 0 Å². The van der Waals surface area contributed by atoms with Gasteiger partial charge in [0.1, 0.15) is 0 Å². The van der Waals surface area contributed by atoms with Crippen LogP contribution in [0.1, 0.15) is 40.0 Å². The summed E-state index contributed by atoms with van der Waals surface area (Å²) < 4.78 is 28.7. The lowest BCUT2D eigenvalue weighted by Gasteiger charge is -2.41. The molecule has 1 aliphatic heterocycles. The molecule has 136 valence electrons.